The molecule has 276 valence electrons. The molecule has 4 aromatic carbocycles. The van der Waals surface area contributed by atoms with Crippen molar-refractivity contribution in [3.63, 3.8) is 0 Å². The van der Waals surface area contributed by atoms with E-state index in [0.717, 1.165) is 60.2 Å². The highest BCUT2D eigenvalue weighted by atomic mass is 16.5. The summed E-state index contributed by atoms with van der Waals surface area (Å²) in [5.41, 5.74) is 9.34. The fourth-order valence-electron chi connectivity index (χ4n) is 6.80. The van der Waals surface area contributed by atoms with Crippen LogP contribution in [-0.2, 0) is 4.74 Å². The predicted molar refractivity (Wildman–Crippen MR) is 218 cm³/mol. The summed E-state index contributed by atoms with van der Waals surface area (Å²) < 4.78 is 19.6. The lowest BCUT2D eigenvalue weighted by Crippen LogP contribution is -2.22. The summed E-state index contributed by atoms with van der Waals surface area (Å²) in [4.78, 5) is 8.98. The first-order valence-corrected chi connectivity index (χ1v) is 18.8. The molecule has 0 spiro atoms. The molecule has 4 aromatic rings. The Kier molecular flexibility index (Phi) is 14.9. The maximum Gasteiger partial charge on any atom is 0.125 e. The van der Waals surface area contributed by atoms with Crippen LogP contribution in [0.4, 0.5) is 22.7 Å². The third-order valence-corrected chi connectivity index (χ3v) is 9.79. The molecule has 0 aliphatic heterocycles. The number of rotatable bonds is 20. The van der Waals surface area contributed by atoms with E-state index in [2.05, 4.69) is 174 Å². The number of benzene rings is 4. The summed E-state index contributed by atoms with van der Waals surface area (Å²) in [6.07, 6.45) is 0. The Morgan fingerprint density at radius 2 is 0.784 bits per heavy atom. The fourth-order valence-corrected chi connectivity index (χ4v) is 6.80. The van der Waals surface area contributed by atoms with E-state index in [0.29, 0.717) is 26.4 Å². The van der Waals surface area contributed by atoms with Crippen LogP contribution in [0.25, 0.3) is 0 Å². The molecular weight excluding hydrogens is 633 g/mol. The van der Waals surface area contributed by atoms with E-state index in [-0.39, 0.29) is 11.8 Å². The zero-order chi connectivity index (χ0) is 36.9. The molecule has 0 aliphatic rings. The number of ether oxygens (including phenoxy) is 3. The van der Waals surface area contributed by atoms with E-state index in [4.69, 9.17) is 14.2 Å². The highest BCUT2D eigenvalue weighted by Gasteiger charge is 2.25. The van der Waals surface area contributed by atoms with Crippen LogP contribution >= 0.6 is 0 Å². The van der Waals surface area contributed by atoms with Crippen LogP contribution < -0.4 is 29.1 Å². The highest BCUT2D eigenvalue weighted by molar-refractivity contribution is 5.58. The van der Waals surface area contributed by atoms with Gasteiger partial charge in [-0.05, 0) is 89.1 Å². The van der Waals surface area contributed by atoms with Gasteiger partial charge in [0.25, 0.3) is 0 Å². The Hall–Kier alpha value is -4.36. The minimum absolute atomic E-state index is 0.0262. The Morgan fingerprint density at radius 1 is 0.451 bits per heavy atom. The van der Waals surface area contributed by atoms with Gasteiger partial charge in [-0.15, -0.1) is 0 Å². The van der Waals surface area contributed by atoms with Gasteiger partial charge < -0.3 is 33.8 Å². The third-order valence-electron chi connectivity index (χ3n) is 9.79. The second-order valence-corrected chi connectivity index (χ2v) is 13.3. The molecule has 7 nitrogen and oxygen atoms in total. The largest absolute Gasteiger partial charge is 0.493 e. The minimum atomic E-state index is -0.0262. The topological polar surface area (TPSA) is 40.7 Å². The summed E-state index contributed by atoms with van der Waals surface area (Å²) in [5, 5.41) is 0. The van der Waals surface area contributed by atoms with Crippen LogP contribution in [0.3, 0.4) is 0 Å². The normalized spacial score (nSPS) is 12.3. The fraction of sp³-hybridized carbons (Fsp3) is 0.455. The van der Waals surface area contributed by atoms with E-state index in [1.165, 1.54) is 22.5 Å². The Morgan fingerprint density at radius 3 is 1.08 bits per heavy atom. The van der Waals surface area contributed by atoms with Crippen LogP contribution in [0.15, 0.2) is 84.9 Å². The first kappa shape index (κ1) is 39.4. The van der Waals surface area contributed by atoms with E-state index < -0.39 is 0 Å². The van der Waals surface area contributed by atoms with Crippen LogP contribution in [-0.4, -0.2) is 80.8 Å². The second-order valence-electron chi connectivity index (χ2n) is 13.3. The van der Waals surface area contributed by atoms with Crippen molar-refractivity contribution < 1.29 is 14.2 Å². The minimum Gasteiger partial charge on any atom is -0.493 e. The molecule has 2 atom stereocenters. The molecule has 0 saturated carbocycles. The Balaban J connectivity index is 1.76. The van der Waals surface area contributed by atoms with Crippen LogP contribution in [0.5, 0.6) is 11.5 Å². The van der Waals surface area contributed by atoms with Crippen molar-refractivity contribution in [3.8, 4) is 11.5 Å². The third kappa shape index (κ3) is 9.91. The van der Waals surface area contributed by atoms with Crippen molar-refractivity contribution in [2.75, 3.05) is 100 Å². The van der Waals surface area contributed by atoms with Gasteiger partial charge in [-0.1, -0.05) is 36.4 Å². The molecule has 7 heteroatoms. The van der Waals surface area contributed by atoms with E-state index >= 15 is 0 Å². The SMILES string of the molecule is CCOc1cc(N(CC)CC)ccc1C(COCC(c1ccc(N(C)C)cc1)c1ccc(N(CC)CC)cc1OCC)c1ccc(N(C)C)cc1. The molecule has 4 rings (SSSR count). The van der Waals surface area contributed by atoms with Gasteiger partial charge in [0.05, 0.1) is 26.4 Å². The van der Waals surface area contributed by atoms with Gasteiger partial charge in [0.2, 0.25) is 0 Å². The van der Waals surface area contributed by atoms with E-state index in [9.17, 15) is 0 Å². The van der Waals surface area contributed by atoms with E-state index in [1.54, 1.807) is 0 Å². The zero-order valence-corrected chi connectivity index (χ0v) is 32.9. The Bertz CT molecular complexity index is 1490. The van der Waals surface area contributed by atoms with Crippen LogP contribution in [0, 0.1) is 0 Å². The molecule has 0 amide bonds. The second kappa shape index (κ2) is 19.3. The number of hydrogen-bond acceptors (Lipinski definition) is 7. The lowest BCUT2D eigenvalue weighted by Gasteiger charge is -2.28. The van der Waals surface area contributed by atoms with Crippen molar-refractivity contribution in [3.05, 3.63) is 107 Å². The molecule has 51 heavy (non-hydrogen) atoms. The first-order chi connectivity index (χ1) is 24.7. The summed E-state index contributed by atoms with van der Waals surface area (Å²) >= 11 is 0. The molecule has 0 radical (unpaired) electrons. The Labute approximate surface area is 308 Å². The summed E-state index contributed by atoms with van der Waals surface area (Å²) in [6, 6.07) is 31.0. The van der Waals surface area contributed by atoms with Gasteiger partial charge in [0.1, 0.15) is 11.5 Å². The molecule has 0 aliphatic carbocycles. The van der Waals surface area contributed by atoms with Gasteiger partial charge in [-0.25, -0.2) is 0 Å². The quantitative estimate of drug-likeness (QED) is 0.0914. The molecule has 0 heterocycles. The van der Waals surface area contributed by atoms with E-state index in [1.807, 2.05) is 0 Å². The molecular formula is C44H62N4O3. The number of hydrogen-bond donors (Lipinski definition) is 0. The average molecular weight is 695 g/mol. The molecule has 0 bridgehead atoms. The van der Waals surface area contributed by atoms with Crippen molar-refractivity contribution in [2.24, 2.45) is 0 Å². The molecule has 0 aromatic heterocycles. The summed E-state index contributed by atoms with van der Waals surface area (Å²) in [6.45, 7) is 18.8. The maximum atomic E-state index is 6.88. The number of anilines is 4. The first-order valence-electron chi connectivity index (χ1n) is 18.8. The van der Waals surface area contributed by atoms with Gasteiger partial charge >= 0.3 is 0 Å². The lowest BCUT2D eigenvalue weighted by atomic mass is 9.89. The lowest BCUT2D eigenvalue weighted by molar-refractivity contribution is 0.119. The molecule has 2 unspecified atom stereocenters. The van der Waals surface area contributed by atoms with Crippen molar-refractivity contribution in [2.45, 2.75) is 53.4 Å². The van der Waals surface area contributed by atoms with Crippen LogP contribution in [0.2, 0.25) is 0 Å². The van der Waals surface area contributed by atoms with Crippen molar-refractivity contribution in [1.82, 2.24) is 0 Å². The van der Waals surface area contributed by atoms with Gasteiger partial charge in [-0.3, -0.25) is 0 Å². The molecule has 0 N–H and O–H groups in total. The molecule has 0 saturated heterocycles. The van der Waals surface area contributed by atoms with Crippen molar-refractivity contribution >= 4 is 22.7 Å². The summed E-state index contributed by atoms with van der Waals surface area (Å²) in [7, 11) is 8.30. The summed E-state index contributed by atoms with van der Waals surface area (Å²) in [5.74, 6) is 1.77. The molecule has 0 fully saturated rings. The number of nitrogens with zero attached hydrogens (tertiary/aromatic N) is 4. The standard InChI is InChI=1S/C44H62N4O3/c1-11-47(12-2)37-25-27-39(43(29-37)50-15-5)41(33-17-21-35(22-18-33)45(7)8)31-49-32-42(34-19-23-36(24-20-34)46(9)10)40-28-26-38(48(13-3)14-4)30-44(40)51-16-6/h17-30,41-42H,11-16,31-32H2,1-10H3. The van der Waals surface area contributed by atoms with Crippen LogP contribution in [0.1, 0.15) is 75.6 Å². The average Bonchev–Trinajstić information content (AvgIpc) is 3.14. The highest BCUT2D eigenvalue weighted by Crippen LogP contribution is 2.39. The maximum absolute atomic E-state index is 6.88. The van der Waals surface area contributed by atoms with Gasteiger partial charge in [-0.2, -0.15) is 0 Å². The van der Waals surface area contributed by atoms with Crippen molar-refractivity contribution in [1.29, 1.82) is 0 Å². The zero-order valence-electron chi connectivity index (χ0n) is 32.9. The van der Waals surface area contributed by atoms with Gasteiger partial charge in [0.15, 0.2) is 0 Å². The van der Waals surface area contributed by atoms with Gasteiger partial charge in [0, 0.05) is 112 Å². The predicted octanol–water partition coefficient (Wildman–Crippen LogP) is 9.29. The smallest absolute Gasteiger partial charge is 0.125 e. The monoisotopic (exact) mass is 694 g/mol.